The zero-order valence-electron chi connectivity index (χ0n) is 17.2. The number of hydrogen-bond donors (Lipinski definition) is 1. The lowest BCUT2D eigenvalue weighted by atomic mass is 10.1. The van der Waals surface area contributed by atoms with Crippen molar-refractivity contribution in [1.29, 1.82) is 0 Å². The molecule has 1 saturated heterocycles. The van der Waals surface area contributed by atoms with Gasteiger partial charge in [0.15, 0.2) is 12.4 Å². The summed E-state index contributed by atoms with van der Waals surface area (Å²) in [5.41, 5.74) is 1.69. The molecule has 0 amide bonds. The van der Waals surface area contributed by atoms with Crippen LogP contribution in [0.5, 0.6) is 0 Å². The standard InChI is InChI=1S/C20H24O9S2/c1-13-4-8-15(9-5-13)30(22,23)28-18-17(21)12-27-20(26-3)19(18)29-31(24,25)16-10-6-14(2)7-11-16/h4-11,17-21H,12H2,1-3H3/t17-,18-,19+,20+/m0/s1. The molecule has 0 saturated carbocycles. The summed E-state index contributed by atoms with van der Waals surface area (Å²) in [6.07, 6.45) is -5.95. The van der Waals surface area contributed by atoms with E-state index in [4.69, 9.17) is 17.8 Å². The summed E-state index contributed by atoms with van der Waals surface area (Å²) in [5.74, 6) is 0. The molecule has 1 aliphatic heterocycles. The lowest BCUT2D eigenvalue weighted by Crippen LogP contribution is -2.56. The fourth-order valence-corrected chi connectivity index (χ4v) is 5.18. The van der Waals surface area contributed by atoms with Gasteiger partial charge in [0.2, 0.25) is 0 Å². The van der Waals surface area contributed by atoms with Crippen molar-refractivity contribution in [2.75, 3.05) is 13.7 Å². The summed E-state index contributed by atoms with van der Waals surface area (Å²) in [7, 11) is -7.45. The Balaban J connectivity index is 1.92. The third kappa shape index (κ3) is 5.50. The van der Waals surface area contributed by atoms with Crippen LogP contribution in [0, 0.1) is 13.8 Å². The molecule has 1 N–H and O–H groups in total. The monoisotopic (exact) mass is 472 g/mol. The highest BCUT2D eigenvalue weighted by Crippen LogP contribution is 2.29. The lowest BCUT2D eigenvalue weighted by Gasteiger charge is -2.38. The third-order valence-electron chi connectivity index (χ3n) is 4.73. The van der Waals surface area contributed by atoms with Crippen molar-refractivity contribution in [2.45, 2.75) is 48.2 Å². The average molecular weight is 473 g/mol. The van der Waals surface area contributed by atoms with E-state index in [0.29, 0.717) is 0 Å². The number of aliphatic hydroxyl groups is 1. The van der Waals surface area contributed by atoms with Crippen molar-refractivity contribution in [3.63, 3.8) is 0 Å². The molecule has 4 atom stereocenters. The molecule has 0 bridgehead atoms. The number of ether oxygens (including phenoxy) is 2. The van der Waals surface area contributed by atoms with E-state index in [1.54, 1.807) is 38.1 Å². The van der Waals surface area contributed by atoms with Crippen LogP contribution in [0.25, 0.3) is 0 Å². The van der Waals surface area contributed by atoms with Crippen molar-refractivity contribution < 1.29 is 39.8 Å². The van der Waals surface area contributed by atoms with Gasteiger partial charge in [-0.15, -0.1) is 0 Å². The van der Waals surface area contributed by atoms with Crippen molar-refractivity contribution in [3.05, 3.63) is 59.7 Å². The van der Waals surface area contributed by atoms with Crippen molar-refractivity contribution in [2.24, 2.45) is 0 Å². The molecule has 0 unspecified atom stereocenters. The predicted octanol–water partition coefficient (Wildman–Crippen LogP) is 1.52. The van der Waals surface area contributed by atoms with Gasteiger partial charge < -0.3 is 14.6 Å². The van der Waals surface area contributed by atoms with Gasteiger partial charge in [-0.3, -0.25) is 8.37 Å². The molecule has 3 rings (SSSR count). The lowest BCUT2D eigenvalue weighted by molar-refractivity contribution is -0.248. The van der Waals surface area contributed by atoms with E-state index >= 15 is 0 Å². The number of aryl methyl sites for hydroxylation is 2. The number of rotatable bonds is 7. The molecule has 31 heavy (non-hydrogen) atoms. The molecule has 2 aromatic carbocycles. The molecule has 0 radical (unpaired) electrons. The van der Waals surface area contributed by atoms with Crippen LogP contribution >= 0.6 is 0 Å². The summed E-state index contributed by atoms with van der Waals surface area (Å²) in [4.78, 5) is -0.293. The number of hydrogen-bond acceptors (Lipinski definition) is 9. The summed E-state index contributed by atoms with van der Waals surface area (Å²) in [6.45, 7) is 3.25. The summed E-state index contributed by atoms with van der Waals surface area (Å²) in [5, 5.41) is 10.4. The minimum Gasteiger partial charge on any atom is -0.388 e. The maximum atomic E-state index is 12.8. The smallest absolute Gasteiger partial charge is 0.297 e. The first kappa shape index (κ1) is 23.8. The predicted molar refractivity (Wildman–Crippen MR) is 109 cm³/mol. The molecular formula is C20H24O9S2. The quantitative estimate of drug-likeness (QED) is 0.597. The molecule has 0 aliphatic carbocycles. The second-order valence-corrected chi connectivity index (χ2v) is 10.3. The van der Waals surface area contributed by atoms with Crippen LogP contribution in [-0.4, -0.2) is 60.3 Å². The Labute approximate surface area is 181 Å². The van der Waals surface area contributed by atoms with E-state index in [1.165, 1.54) is 31.4 Å². The Morgan fingerprint density at radius 3 is 1.65 bits per heavy atom. The molecule has 0 aromatic heterocycles. The maximum absolute atomic E-state index is 12.8. The van der Waals surface area contributed by atoms with Gasteiger partial charge in [0.1, 0.15) is 12.2 Å². The minimum atomic E-state index is -4.35. The summed E-state index contributed by atoms with van der Waals surface area (Å²) < 4.78 is 72.0. The van der Waals surface area contributed by atoms with Crippen molar-refractivity contribution in [3.8, 4) is 0 Å². The van der Waals surface area contributed by atoms with E-state index in [2.05, 4.69) is 0 Å². The van der Waals surface area contributed by atoms with Crippen LogP contribution in [0.1, 0.15) is 11.1 Å². The Kier molecular flexibility index (Phi) is 7.16. The molecule has 1 heterocycles. The second kappa shape index (κ2) is 9.33. The Morgan fingerprint density at radius 2 is 1.23 bits per heavy atom. The maximum Gasteiger partial charge on any atom is 0.297 e. The van der Waals surface area contributed by atoms with Gasteiger partial charge in [0.25, 0.3) is 20.2 Å². The molecule has 170 valence electrons. The Hall–Kier alpha value is -1.86. The normalized spacial score (nSPS) is 24.8. The van der Waals surface area contributed by atoms with Crippen LogP contribution < -0.4 is 0 Å². The van der Waals surface area contributed by atoms with Gasteiger partial charge in [-0.2, -0.15) is 16.8 Å². The van der Waals surface area contributed by atoms with Crippen LogP contribution in [0.15, 0.2) is 58.3 Å². The number of aliphatic hydroxyl groups excluding tert-OH is 1. The van der Waals surface area contributed by atoms with E-state index < -0.39 is 44.8 Å². The second-order valence-electron chi connectivity index (χ2n) is 7.16. The summed E-state index contributed by atoms with van der Waals surface area (Å²) in [6, 6.07) is 11.8. The third-order valence-corrected chi connectivity index (χ3v) is 7.38. The molecular weight excluding hydrogens is 448 g/mol. The van der Waals surface area contributed by atoms with E-state index in [-0.39, 0.29) is 16.4 Å². The van der Waals surface area contributed by atoms with Gasteiger partial charge in [-0.1, -0.05) is 35.4 Å². The first-order valence-electron chi connectivity index (χ1n) is 9.36. The first-order valence-corrected chi connectivity index (χ1v) is 12.2. The first-order chi connectivity index (χ1) is 14.5. The molecule has 0 spiro atoms. The molecule has 1 aliphatic rings. The van der Waals surface area contributed by atoms with E-state index in [1.807, 2.05) is 0 Å². The number of benzene rings is 2. The van der Waals surface area contributed by atoms with Gasteiger partial charge >= 0.3 is 0 Å². The molecule has 11 heteroatoms. The van der Waals surface area contributed by atoms with Gasteiger partial charge in [-0.05, 0) is 38.1 Å². The highest BCUT2D eigenvalue weighted by molar-refractivity contribution is 7.87. The minimum absolute atomic E-state index is 0.145. The van der Waals surface area contributed by atoms with E-state index in [0.717, 1.165) is 11.1 Å². The van der Waals surface area contributed by atoms with Gasteiger partial charge in [0.05, 0.1) is 16.4 Å². The van der Waals surface area contributed by atoms with Gasteiger partial charge in [0, 0.05) is 7.11 Å². The SMILES string of the molecule is CO[C@@H]1OC[C@H](O)[C@H](OS(=O)(=O)c2ccc(C)cc2)[C@H]1OS(=O)(=O)c1ccc(C)cc1. The Morgan fingerprint density at radius 1 is 0.806 bits per heavy atom. The van der Waals surface area contributed by atoms with Crippen LogP contribution in [0.2, 0.25) is 0 Å². The zero-order valence-corrected chi connectivity index (χ0v) is 18.8. The van der Waals surface area contributed by atoms with Crippen LogP contribution in [-0.2, 0) is 38.1 Å². The largest absolute Gasteiger partial charge is 0.388 e. The van der Waals surface area contributed by atoms with Crippen molar-refractivity contribution in [1.82, 2.24) is 0 Å². The highest BCUT2D eigenvalue weighted by Gasteiger charge is 2.47. The van der Waals surface area contributed by atoms with Crippen molar-refractivity contribution >= 4 is 20.2 Å². The zero-order chi connectivity index (χ0) is 22.8. The summed E-state index contributed by atoms with van der Waals surface area (Å²) >= 11 is 0. The van der Waals surface area contributed by atoms with Crippen LogP contribution in [0.3, 0.4) is 0 Å². The average Bonchev–Trinajstić information content (AvgIpc) is 2.71. The highest BCUT2D eigenvalue weighted by atomic mass is 32.2. The topological polar surface area (TPSA) is 125 Å². The molecule has 1 fully saturated rings. The molecule has 2 aromatic rings. The van der Waals surface area contributed by atoms with E-state index in [9.17, 15) is 21.9 Å². The van der Waals surface area contributed by atoms with Gasteiger partial charge in [-0.25, -0.2) is 0 Å². The van der Waals surface area contributed by atoms with Crippen LogP contribution in [0.4, 0.5) is 0 Å². The fourth-order valence-electron chi connectivity index (χ4n) is 2.99. The fraction of sp³-hybridized carbons (Fsp3) is 0.400. The number of methoxy groups -OCH3 is 1. The Bertz CT molecular complexity index is 1090. The molecule has 9 nitrogen and oxygen atoms in total.